The van der Waals surface area contributed by atoms with E-state index in [2.05, 4.69) is 0 Å². The van der Waals surface area contributed by atoms with Crippen LogP contribution >= 0.6 is 0 Å². The molecule has 2 N–H and O–H groups in total. The van der Waals surface area contributed by atoms with Crippen LogP contribution in [0, 0.1) is 0 Å². The summed E-state index contributed by atoms with van der Waals surface area (Å²) >= 11 is 0. The Morgan fingerprint density at radius 2 is 2.07 bits per heavy atom. The second-order valence-corrected chi connectivity index (χ2v) is 3.35. The molecule has 0 fully saturated rings. The van der Waals surface area contributed by atoms with Gasteiger partial charge in [-0.3, -0.25) is 0 Å². The molecule has 0 aliphatic rings. The van der Waals surface area contributed by atoms with Gasteiger partial charge in [0.25, 0.3) is 0 Å². The minimum atomic E-state index is -0.0593. The number of carbonyl (C=O) groups is 1. The summed E-state index contributed by atoms with van der Waals surface area (Å²) in [5.41, 5.74) is 0.547. The van der Waals surface area contributed by atoms with Crippen LogP contribution in [0.15, 0.2) is 12.1 Å². The van der Waals surface area contributed by atoms with Crippen LogP contribution in [0.4, 0.5) is 0 Å². The van der Waals surface area contributed by atoms with Gasteiger partial charge in [0, 0.05) is 24.1 Å². The highest BCUT2D eigenvalue weighted by molar-refractivity contribution is 5.76. The van der Waals surface area contributed by atoms with Crippen molar-refractivity contribution >= 4 is 5.78 Å². The smallest absolute Gasteiger partial charge is 0.130 e. The van der Waals surface area contributed by atoms with Gasteiger partial charge in [-0.05, 0) is 13.3 Å². The number of aromatic hydroxyl groups is 2. The molecule has 0 aromatic heterocycles. The van der Waals surface area contributed by atoms with Gasteiger partial charge in [-0.25, -0.2) is 0 Å². The van der Waals surface area contributed by atoms with Crippen LogP contribution in [0.1, 0.15) is 18.9 Å². The SMILES string of the molecule is COc1cc(O)cc(O)c1CCC(C)=O. The van der Waals surface area contributed by atoms with Gasteiger partial charge in [-0.1, -0.05) is 0 Å². The number of phenolic OH excluding ortho intramolecular Hbond substituents is 2. The molecular weight excluding hydrogens is 196 g/mol. The monoisotopic (exact) mass is 210 g/mol. The van der Waals surface area contributed by atoms with E-state index in [4.69, 9.17) is 4.74 Å². The maximum absolute atomic E-state index is 10.8. The number of Topliss-reactive ketones (excluding diaryl/α,β-unsaturated/α-hetero) is 1. The quantitative estimate of drug-likeness (QED) is 0.792. The van der Waals surface area contributed by atoms with Crippen molar-refractivity contribution in [1.29, 1.82) is 0 Å². The first-order chi connectivity index (χ1) is 7.04. The van der Waals surface area contributed by atoms with Gasteiger partial charge >= 0.3 is 0 Å². The molecule has 0 saturated heterocycles. The first kappa shape index (κ1) is 11.4. The Morgan fingerprint density at radius 1 is 1.40 bits per heavy atom. The molecule has 1 aromatic carbocycles. The van der Waals surface area contributed by atoms with Crippen molar-refractivity contribution in [3.05, 3.63) is 17.7 Å². The average Bonchev–Trinajstić information content (AvgIpc) is 2.14. The van der Waals surface area contributed by atoms with E-state index in [0.29, 0.717) is 24.2 Å². The molecule has 15 heavy (non-hydrogen) atoms. The maximum Gasteiger partial charge on any atom is 0.130 e. The summed E-state index contributed by atoms with van der Waals surface area (Å²) in [4.78, 5) is 10.8. The highest BCUT2D eigenvalue weighted by Crippen LogP contribution is 2.33. The van der Waals surface area contributed by atoms with Crippen LogP contribution in [-0.2, 0) is 11.2 Å². The highest BCUT2D eigenvalue weighted by atomic mass is 16.5. The summed E-state index contributed by atoms with van der Waals surface area (Å²) in [5.74, 6) is 0.335. The molecule has 0 unspecified atom stereocenters. The molecule has 4 heteroatoms. The first-order valence-corrected chi connectivity index (χ1v) is 4.63. The zero-order chi connectivity index (χ0) is 11.4. The van der Waals surface area contributed by atoms with Gasteiger partial charge in [0.2, 0.25) is 0 Å². The van der Waals surface area contributed by atoms with Crippen molar-refractivity contribution in [1.82, 2.24) is 0 Å². The predicted molar refractivity (Wildman–Crippen MR) is 55.3 cm³/mol. The van der Waals surface area contributed by atoms with Crippen LogP contribution in [0.3, 0.4) is 0 Å². The molecule has 82 valence electrons. The Kier molecular flexibility index (Phi) is 3.55. The lowest BCUT2D eigenvalue weighted by Gasteiger charge is -2.10. The Labute approximate surface area is 88.1 Å². The summed E-state index contributed by atoms with van der Waals surface area (Å²) in [6.07, 6.45) is 0.749. The minimum Gasteiger partial charge on any atom is -0.508 e. The number of hydrogen-bond acceptors (Lipinski definition) is 4. The molecule has 1 aromatic rings. The van der Waals surface area contributed by atoms with E-state index in [9.17, 15) is 15.0 Å². The third-order valence-corrected chi connectivity index (χ3v) is 2.12. The number of methoxy groups -OCH3 is 1. The molecular formula is C11H14O4. The molecule has 4 nitrogen and oxygen atoms in total. The second-order valence-electron chi connectivity index (χ2n) is 3.35. The zero-order valence-electron chi connectivity index (χ0n) is 8.78. The van der Waals surface area contributed by atoms with Crippen molar-refractivity contribution in [3.8, 4) is 17.2 Å². The van der Waals surface area contributed by atoms with Gasteiger partial charge in [0.15, 0.2) is 0 Å². The third-order valence-electron chi connectivity index (χ3n) is 2.12. The van der Waals surface area contributed by atoms with Crippen LogP contribution in [0.5, 0.6) is 17.2 Å². The summed E-state index contributed by atoms with van der Waals surface area (Å²) in [6, 6.07) is 2.65. The van der Waals surface area contributed by atoms with E-state index in [0.717, 1.165) is 0 Å². The number of benzene rings is 1. The van der Waals surface area contributed by atoms with E-state index in [1.807, 2.05) is 0 Å². The van der Waals surface area contributed by atoms with Gasteiger partial charge in [0.1, 0.15) is 23.0 Å². The highest BCUT2D eigenvalue weighted by Gasteiger charge is 2.11. The fourth-order valence-corrected chi connectivity index (χ4v) is 1.35. The predicted octanol–water partition coefficient (Wildman–Crippen LogP) is 1.63. The normalized spacial score (nSPS) is 10.0. The number of ether oxygens (including phenoxy) is 1. The van der Waals surface area contributed by atoms with Crippen molar-refractivity contribution in [3.63, 3.8) is 0 Å². The number of ketones is 1. The average molecular weight is 210 g/mol. The van der Waals surface area contributed by atoms with Crippen LogP contribution in [0.2, 0.25) is 0 Å². The Bertz CT molecular complexity index is 371. The van der Waals surface area contributed by atoms with E-state index in [1.165, 1.54) is 26.2 Å². The Balaban J connectivity index is 2.98. The number of hydrogen-bond donors (Lipinski definition) is 2. The largest absolute Gasteiger partial charge is 0.508 e. The first-order valence-electron chi connectivity index (χ1n) is 4.63. The van der Waals surface area contributed by atoms with Gasteiger partial charge in [-0.2, -0.15) is 0 Å². The lowest BCUT2D eigenvalue weighted by Crippen LogP contribution is -1.97. The standard InChI is InChI=1S/C11H14O4/c1-7(12)3-4-9-10(14)5-8(13)6-11(9)15-2/h5-6,13-14H,3-4H2,1-2H3. The molecule has 0 saturated carbocycles. The molecule has 0 amide bonds. The number of carbonyl (C=O) groups excluding carboxylic acids is 1. The molecule has 0 radical (unpaired) electrons. The summed E-state index contributed by atoms with van der Waals surface area (Å²) in [7, 11) is 1.45. The number of rotatable bonds is 4. The fraction of sp³-hybridized carbons (Fsp3) is 0.364. The topological polar surface area (TPSA) is 66.8 Å². The molecule has 0 bridgehead atoms. The molecule has 0 atom stereocenters. The Morgan fingerprint density at radius 3 is 2.60 bits per heavy atom. The molecule has 0 spiro atoms. The van der Waals surface area contributed by atoms with E-state index in [1.54, 1.807) is 0 Å². The van der Waals surface area contributed by atoms with E-state index >= 15 is 0 Å². The van der Waals surface area contributed by atoms with Gasteiger partial charge in [0.05, 0.1) is 7.11 Å². The molecule has 0 heterocycles. The molecule has 0 aliphatic carbocycles. The van der Waals surface area contributed by atoms with Gasteiger partial charge in [-0.15, -0.1) is 0 Å². The van der Waals surface area contributed by atoms with Crippen molar-refractivity contribution in [2.45, 2.75) is 19.8 Å². The number of phenols is 2. The maximum atomic E-state index is 10.8. The van der Waals surface area contributed by atoms with Crippen molar-refractivity contribution in [2.24, 2.45) is 0 Å². The van der Waals surface area contributed by atoms with E-state index in [-0.39, 0.29) is 17.3 Å². The third kappa shape index (κ3) is 2.87. The lowest BCUT2D eigenvalue weighted by atomic mass is 10.1. The summed E-state index contributed by atoms with van der Waals surface area (Å²) in [5, 5.41) is 18.8. The van der Waals surface area contributed by atoms with Crippen LogP contribution in [-0.4, -0.2) is 23.1 Å². The van der Waals surface area contributed by atoms with Crippen LogP contribution in [0.25, 0.3) is 0 Å². The fourth-order valence-electron chi connectivity index (χ4n) is 1.35. The molecule has 0 aliphatic heterocycles. The summed E-state index contributed by atoms with van der Waals surface area (Å²) < 4.78 is 5.01. The Hall–Kier alpha value is -1.71. The zero-order valence-corrected chi connectivity index (χ0v) is 8.78. The van der Waals surface area contributed by atoms with Crippen LogP contribution < -0.4 is 4.74 Å². The van der Waals surface area contributed by atoms with Crippen molar-refractivity contribution < 1.29 is 19.7 Å². The van der Waals surface area contributed by atoms with E-state index < -0.39 is 0 Å². The lowest BCUT2D eigenvalue weighted by molar-refractivity contribution is -0.116. The second kappa shape index (κ2) is 4.68. The van der Waals surface area contributed by atoms with Crippen molar-refractivity contribution in [2.75, 3.05) is 7.11 Å². The minimum absolute atomic E-state index is 0.0459. The summed E-state index contributed by atoms with van der Waals surface area (Å²) in [6.45, 7) is 1.49. The van der Waals surface area contributed by atoms with Gasteiger partial charge < -0.3 is 19.7 Å². The molecule has 1 rings (SSSR count).